The van der Waals surface area contributed by atoms with Crippen LogP contribution in [0.4, 0.5) is 5.95 Å². The summed E-state index contributed by atoms with van der Waals surface area (Å²) in [6.45, 7) is 10.1. The van der Waals surface area contributed by atoms with Crippen molar-refractivity contribution < 1.29 is 9.90 Å². The Bertz CT molecular complexity index is 439. The first kappa shape index (κ1) is 15.8. The van der Waals surface area contributed by atoms with Gasteiger partial charge in [0.05, 0.1) is 5.75 Å². The van der Waals surface area contributed by atoms with Crippen LogP contribution < -0.4 is 4.90 Å². The Hall–Kier alpha value is -1.24. The zero-order valence-electron chi connectivity index (χ0n) is 12.2. The molecule has 0 aliphatic carbocycles. The van der Waals surface area contributed by atoms with Gasteiger partial charge in [-0.25, -0.2) is 0 Å². The minimum atomic E-state index is -0.847. The molecular formula is C12H22N4O2S. The average molecular weight is 286 g/mol. The van der Waals surface area contributed by atoms with Crippen molar-refractivity contribution in [3.05, 3.63) is 0 Å². The predicted octanol–water partition coefficient (Wildman–Crippen LogP) is 1.96. The summed E-state index contributed by atoms with van der Waals surface area (Å²) in [5, 5.41) is 17.6. The van der Waals surface area contributed by atoms with Crippen molar-refractivity contribution in [1.29, 1.82) is 0 Å². The fourth-order valence-electron chi connectivity index (χ4n) is 1.86. The highest BCUT2D eigenvalue weighted by Gasteiger charge is 2.20. The second-order valence-corrected chi connectivity index (χ2v) is 6.57. The molecule has 0 saturated heterocycles. The monoisotopic (exact) mass is 286 g/mol. The van der Waals surface area contributed by atoms with Crippen LogP contribution >= 0.6 is 11.8 Å². The molecular weight excluding hydrogens is 264 g/mol. The van der Waals surface area contributed by atoms with Gasteiger partial charge in [0.25, 0.3) is 0 Å². The summed E-state index contributed by atoms with van der Waals surface area (Å²) in [6.07, 6.45) is 0. The van der Waals surface area contributed by atoms with Crippen molar-refractivity contribution in [3.63, 3.8) is 0 Å². The second kappa shape index (κ2) is 6.27. The third kappa shape index (κ3) is 4.74. The number of hydrogen-bond acceptors (Lipinski definition) is 5. The average Bonchev–Trinajstić information content (AvgIpc) is 2.66. The molecule has 0 amide bonds. The van der Waals surface area contributed by atoms with Gasteiger partial charge < -0.3 is 10.0 Å². The summed E-state index contributed by atoms with van der Waals surface area (Å²) in [5.74, 6) is -0.0632. The molecule has 0 radical (unpaired) electrons. The lowest BCUT2D eigenvalue weighted by Crippen LogP contribution is -2.31. The quantitative estimate of drug-likeness (QED) is 0.806. The van der Waals surface area contributed by atoms with Crippen LogP contribution in [-0.2, 0) is 11.3 Å². The molecule has 0 bridgehead atoms. The van der Waals surface area contributed by atoms with Crippen LogP contribution in [0, 0.1) is 5.41 Å². The molecule has 0 aliphatic heterocycles. The van der Waals surface area contributed by atoms with E-state index in [4.69, 9.17) is 5.11 Å². The molecule has 0 atom stereocenters. The minimum Gasteiger partial charge on any atom is -0.481 e. The molecule has 1 aromatic rings. The van der Waals surface area contributed by atoms with Crippen molar-refractivity contribution in [2.45, 2.75) is 39.4 Å². The Labute approximate surface area is 118 Å². The third-order valence-corrected chi connectivity index (χ3v) is 3.34. The molecule has 0 spiro atoms. The summed E-state index contributed by atoms with van der Waals surface area (Å²) in [5.41, 5.74) is 0.160. The van der Waals surface area contributed by atoms with Gasteiger partial charge in [-0.05, 0) is 12.3 Å². The number of anilines is 1. The maximum absolute atomic E-state index is 10.6. The fraction of sp³-hybridized carbons (Fsp3) is 0.750. The molecule has 19 heavy (non-hydrogen) atoms. The van der Waals surface area contributed by atoms with Crippen LogP contribution in [0.25, 0.3) is 0 Å². The Morgan fingerprint density at radius 3 is 2.53 bits per heavy atom. The molecule has 6 nitrogen and oxygen atoms in total. The van der Waals surface area contributed by atoms with E-state index in [-0.39, 0.29) is 11.2 Å². The van der Waals surface area contributed by atoms with Crippen molar-refractivity contribution in [1.82, 2.24) is 14.8 Å². The number of aliphatic carboxylic acids is 1. The topological polar surface area (TPSA) is 71.2 Å². The van der Waals surface area contributed by atoms with Crippen molar-refractivity contribution in [2.75, 3.05) is 24.2 Å². The first-order valence-corrected chi connectivity index (χ1v) is 7.22. The van der Waals surface area contributed by atoms with E-state index in [9.17, 15) is 4.79 Å². The number of rotatable bonds is 6. The van der Waals surface area contributed by atoms with E-state index in [0.29, 0.717) is 5.16 Å². The maximum Gasteiger partial charge on any atom is 0.313 e. The maximum atomic E-state index is 10.6. The van der Waals surface area contributed by atoms with Crippen LogP contribution in [0.5, 0.6) is 0 Å². The Morgan fingerprint density at radius 1 is 1.42 bits per heavy atom. The molecule has 108 valence electrons. The Kier molecular flexibility index (Phi) is 5.22. The fourth-order valence-corrected chi connectivity index (χ4v) is 2.57. The Balaban J connectivity index is 2.87. The van der Waals surface area contributed by atoms with Gasteiger partial charge in [0.1, 0.15) is 0 Å². The standard InChI is InChI=1S/C12H22N4O2S/c1-6-16-10(15(5)8-12(2,3)4)13-14-11(16)19-7-9(17)18/h6-8H2,1-5H3,(H,17,18). The number of hydrogen-bond donors (Lipinski definition) is 1. The molecule has 1 heterocycles. The first-order valence-electron chi connectivity index (χ1n) is 6.23. The van der Waals surface area contributed by atoms with Crippen molar-refractivity contribution in [2.24, 2.45) is 5.41 Å². The van der Waals surface area contributed by atoms with Gasteiger partial charge in [-0.15, -0.1) is 10.2 Å². The summed E-state index contributed by atoms with van der Waals surface area (Å²) in [7, 11) is 1.98. The highest BCUT2D eigenvalue weighted by molar-refractivity contribution is 7.99. The van der Waals surface area contributed by atoms with Crippen LogP contribution in [0.2, 0.25) is 0 Å². The molecule has 0 aromatic carbocycles. The van der Waals surface area contributed by atoms with Gasteiger partial charge >= 0.3 is 5.97 Å². The summed E-state index contributed by atoms with van der Waals surface area (Å²) >= 11 is 1.20. The molecule has 0 saturated carbocycles. The predicted molar refractivity (Wildman–Crippen MR) is 76.8 cm³/mol. The highest BCUT2D eigenvalue weighted by Crippen LogP contribution is 2.23. The van der Waals surface area contributed by atoms with Crippen molar-refractivity contribution in [3.8, 4) is 0 Å². The molecule has 0 unspecified atom stereocenters. The van der Waals surface area contributed by atoms with E-state index in [1.54, 1.807) is 0 Å². The van der Waals surface area contributed by atoms with Gasteiger partial charge in [0.15, 0.2) is 5.16 Å². The number of carboxylic acid groups (broad SMARTS) is 1. The van der Waals surface area contributed by atoms with Gasteiger partial charge in [-0.2, -0.15) is 0 Å². The number of carboxylic acids is 1. The number of thioether (sulfide) groups is 1. The number of aromatic nitrogens is 3. The molecule has 1 aromatic heterocycles. The zero-order chi connectivity index (χ0) is 14.6. The van der Waals surface area contributed by atoms with Crippen LogP contribution in [0.3, 0.4) is 0 Å². The lowest BCUT2D eigenvalue weighted by Gasteiger charge is -2.27. The Morgan fingerprint density at radius 2 is 2.05 bits per heavy atom. The summed E-state index contributed by atoms with van der Waals surface area (Å²) < 4.78 is 1.94. The molecule has 1 rings (SSSR count). The van der Waals surface area contributed by atoms with Gasteiger partial charge in [0.2, 0.25) is 5.95 Å². The van der Waals surface area contributed by atoms with Gasteiger partial charge in [0, 0.05) is 20.1 Å². The van der Waals surface area contributed by atoms with Gasteiger partial charge in [-0.1, -0.05) is 32.5 Å². The number of carbonyl (C=O) groups is 1. The summed E-state index contributed by atoms with van der Waals surface area (Å²) in [6, 6.07) is 0. The lowest BCUT2D eigenvalue weighted by molar-refractivity contribution is -0.133. The molecule has 0 aliphatic rings. The zero-order valence-corrected chi connectivity index (χ0v) is 13.0. The van der Waals surface area contributed by atoms with E-state index in [2.05, 4.69) is 35.9 Å². The second-order valence-electron chi connectivity index (χ2n) is 5.63. The van der Waals surface area contributed by atoms with E-state index in [0.717, 1.165) is 19.0 Å². The number of nitrogens with zero attached hydrogens (tertiary/aromatic N) is 4. The SMILES string of the molecule is CCn1c(SCC(=O)O)nnc1N(C)CC(C)(C)C. The molecule has 7 heteroatoms. The van der Waals surface area contributed by atoms with Crippen LogP contribution in [0.1, 0.15) is 27.7 Å². The largest absolute Gasteiger partial charge is 0.481 e. The van der Waals surface area contributed by atoms with E-state index in [1.165, 1.54) is 11.8 Å². The van der Waals surface area contributed by atoms with Crippen LogP contribution in [0.15, 0.2) is 5.16 Å². The van der Waals surface area contributed by atoms with Gasteiger partial charge in [-0.3, -0.25) is 9.36 Å². The lowest BCUT2D eigenvalue weighted by atomic mass is 9.96. The van der Waals surface area contributed by atoms with E-state index in [1.807, 2.05) is 18.5 Å². The minimum absolute atomic E-state index is 0.00111. The molecule has 1 N–H and O–H groups in total. The smallest absolute Gasteiger partial charge is 0.313 e. The van der Waals surface area contributed by atoms with E-state index >= 15 is 0 Å². The van der Waals surface area contributed by atoms with E-state index < -0.39 is 5.97 Å². The van der Waals surface area contributed by atoms with Crippen LogP contribution in [-0.4, -0.2) is 45.2 Å². The highest BCUT2D eigenvalue weighted by atomic mass is 32.2. The van der Waals surface area contributed by atoms with Crippen molar-refractivity contribution >= 4 is 23.7 Å². The molecule has 0 fully saturated rings. The summed E-state index contributed by atoms with van der Waals surface area (Å²) in [4.78, 5) is 12.7. The third-order valence-electron chi connectivity index (χ3n) is 2.39. The normalized spacial score (nSPS) is 11.6. The first-order chi connectivity index (χ1) is 8.74.